The van der Waals surface area contributed by atoms with Gasteiger partial charge in [-0.3, -0.25) is 14.9 Å². The Bertz CT molecular complexity index is 749. The summed E-state index contributed by atoms with van der Waals surface area (Å²) in [5.74, 6) is -0.0964. The van der Waals surface area contributed by atoms with Crippen LogP contribution in [0.15, 0.2) is 30.7 Å². The molecular formula is C16H17N5O3. The fraction of sp³-hybridized carbons (Fsp3) is 0.375. The van der Waals surface area contributed by atoms with Crippen LogP contribution in [0.25, 0.3) is 11.1 Å². The molecule has 0 unspecified atom stereocenters. The van der Waals surface area contributed by atoms with Crippen molar-refractivity contribution in [2.24, 2.45) is 0 Å². The van der Waals surface area contributed by atoms with Gasteiger partial charge in [0.1, 0.15) is 11.3 Å². The van der Waals surface area contributed by atoms with Gasteiger partial charge in [-0.2, -0.15) is 5.10 Å². The molecule has 2 aromatic heterocycles. The minimum Gasteiger partial charge on any atom is -0.441 e. The van der Waals surface area contributed by atoms with E-state index in [1.54, 1.807) is 29.6 Å². The van der Waals surface area contributed by atoms with Crippen molar-refractivity contribution in [3.05, 3.63) is 36.4 Å². The maximum absolute atomic E-state index is 12.6. The number of ether oxygens (including phenoxy) is 1. The number of alkyl carbamates (subject to hydrolysis) is 1. The molecule has 0 saturated carbocycles. The molecule has 2 aliphatic heterocycles. The second-order valence-corrected chi connectivity index (χ2v) is 6.14. The standard InChI is InChI=1S/C16H17N5O3/c22-14(13-2-1-11(7-17-13)12-8-19-20-9-12)21-5-3-16(4-6-21)10-18-15(23)24-16/h1-2,7-9H,3-6,10H2,(H,18,23)(H,19,20). The highest BCUT2D eigenvalue weighted by Gasteiger charge is 2.43. The lowest BCUT2D eigenvalue weighted by molar-refractivity contribution is 0.00314. The Morgan fingerprint density at radius 1 is 1.21 bits per heavy atom. The third kappa shape index (κ3) is 2.60. The lowest BCUT2D eigenvalue weighted by Gasteiger charge is -2.36. The summed E-state index contributed by atoms with van der Waals surface area (Å²) in [5, 5.41) is 9.34. The van der Waals surface area contributed by atoms with Gasteiger partial charge in [-0.15, -0.1) is 0 Å². The van der Waals surface area contributed by atoms with Crippen LogP contribution in [0.1, 0.15) is 23.3 Å². The minimum absolute atomic E-state index is 0.0964. The first-order valence-corrected chi connectivity index (χ1v) is 7.87. The molecule has 2 fully saturated rings. The van der Waals surface area contributed by atoms with Crippen molar-refractivity contribution in [2.75, 3.05) is 19.6 Å². The molecule has 0 radical (unpaired) electrons. The number of rotatable bonds is 2. The number of carbonyl (C=O) groups is 2. The number of nitrogens with one attached hydrogen (secondary N) is 2. The van der Waals surface area contributed by atoms with Gasteiger partial charge in [-0.05, 0) is 6.07 Å². The van der Waals surface area contributed by atoms with Gasteiger partial charge >= 0.3 is 6.09 Å². The van der Waals surface area contributed by atoms with E-state index in [9.17, 15) is 9.59 Å². The highest BCUT2D eigenvalue weighted by Crippen LogP contribution is 2.29. The summed E-state index contributed by atoms with van der Waals surface area (Å²) in [4.78, 5) is 29.9. The number of carbonyl (C=O) groups excluding carboxylic acids is 2. The molecule has 8 nitrogen and oxygen atoms in total. The number of nitrogens with zero attached hydrogens (tertiary/aromatic N) is 3. The number of hydrogen-bond donors (Lipinski definition) is 2. The van der Waals surface area contributed by atoms with Crippen molar-refractivity contribution >= 4 is 12.0 Å². The lowest BCUT2D eigenvalue weighted by Crippen LogP contribution is -2.48. The van der Waals surface area contributed by atoms with Crippen molar-refractivity contribution in [3.63, 3.8) is 0 Å². The Hall–Kier alpha value is -2.90. The van der Waals surface area contributed by atoms with Crippen LogP contribution >= 0.6 is 0 Å². The fourth-order valence-corrected chi connectivity index (χ4v) is 3.16. The smallest absolute Gasteiger partial charge is 0.407 e. The molecule has 8 heteroatoms. The number of amides is 2. The summed E-state index contributed by atoms with van der Waals surface area (Å²) >= 11 is 0. The zero-order chi connectivity index (χ0) is 16.6. The van der Waals surface area contributed by atoms with Crippen LogP contribution < -0.4 is 5.32 Å². The zero-order valence-corrected chi connectivity index (χ0v) is 13.0. The van der Waals surface area contributed by atoms with E-state index in [0.717, 1.165) is 11.1 Å². The largest absolute Gasteiger partial charge is 0.441 e. The second kappa shape index (κ2) is 5.63. The van der Waals surface area contributed by atoms with Crippen LogP contribution in [0.3, 0.4) is 0 Å². The van der Waals surface area contributed by atoms with Crippen molar-refractivity contribution in [1.82, 2.24) is 25.4 Å². The summed E-state index contributed by atoms with van der Waals surface area (Å²) in [6.07, 6.45) is 6.08. The molecular weight excluding hydrogens is 310 g/mol. The van der Waals surface area contributed by atoms with Gasteiger partial charge < -0.3 is 15.0 Å². The summed E-state index contributed by atoms with van der Waals surface area (Å²) < 4.78 is 5.37. The van der Waals surface area contributed by atoms with Crippen molar-refractivity contribution in [1.29, 1.82) is 0 Å². The molecule has 124 valence electrons. The SMILES string of the molecule is O=C1NCC2(CCN(C(=O)c3ccc(-c4cn[nH]c4)cn3)CC2)O1. The number of hydrogen-bond acceptors (Lipinski definition) is 5. The molecule has 0 atom stereocenters. The van der Waals surface area contributed by atoms with Crippen LogP contribution in [0, 0.1) is 0 Å². The summed E-state index contributed by atoms with van der Waals surface area (Å²) in [6.45, 7) is 1.63. The van der Waals surface area contributed by atoms with Crippen LogP contribution in [-0.2, 0) is 4.74 Å². The Balaban J connectivity index is 1.42. The topological polar surface area (TPSA) is 100 Å². The molecule has 24 heavy (non-hydrogen) atoms. The Morgan fingerprint density at radius 3 is 2.62 bits per heavy atom. The number of aromatic amines is 1. The maximum Gasteiger partial charge on any atom is 0.407 e. The van der Waals surface area contributed by atoms with Gasteiger partial charge in [0, 0.05) is 49.5 Å². The van der Waals surface area contributed by atoms with Crippen LogP contribution in [-0.4, -0.2) is 57.3 Å². The summed E-state index contributed by atoms with van der Waals surface area (Å²) in [5.41, 5.74) is 1.80. The quantitative estimate of drug-likeness (QED) is 0.863. The Kier molecular flexibility index (Phi) is 3.44. The average Bonchev–Trinajstić information content (AvgIpc) is 3.26. The zero-order valence-electron chi connectivity index (χ0n) is 13.0. The van der Waals surface area contributed by atoms with Gasteiger partial charge in [0.2, 0.25) is 0 Å². The van der Waals surface area contributed by atoms with E-state index in [1.807, 2.05) is 6.07 Å². The van der Waals surface area contributed by atoms with E-state index in [-0.39, 0.29) is 12.0 Å². The van der Waals surface area contributed by atoms with Crippen molar-refractivity contribution in [3.8, 4) is 11.1 Å². The van der Waals surface area contributed by atoms with E-state index in [4.69, 9.17) is 4.74 Å². The normalized spacial score (nSPS) is 19.2. The first-order chi connectivity index (χ1) is 11.7. The van der Waals surface area contributed by atoms with Gasteiger partial charge in [0.15, 0.2) is 0 Å². The predicted octanol–water partition coefficient (Wildman–Crippen LogP) is 1.19. The van der Waals surface area contributed by atoms with Crippen molar-refractivity contribution < 1.29 is 14.3 Å². The van der Waals surface area contributed by atoms with Crippen LogP contribution in [0.2, 0.25) is 0 Å². The first-order valence-electron chi connectivity index (χ1n) is 7.87. The van der Waals surface area contributed by atoms with E-state index in [0.29, 0.717) is 38.2 Å². The number of H-pyrrole nitrogens is 1. The van der Waals surface area contributed by atoms with Crippen LogP contribution in [0.4, 0.5) is 4.79 Å². The second-order valence-electron chi connectivity index (χ2n) is 6.14. The molecule has 2 amide bonds. The third-order valence-electron chi connectivity index (χ3n) is 4.64. The van der Waals surface area contributed by atoms with E-state index < -0.39 is 5.60 Å². The summed E-state index contributed by atoms with van der Waals surface area (Å²) in [7, 11) is 0. The van der Waals surface area contributed by atoms with Gasteiger partial charge in [0.25, 0.3) is 5.91 Å². The van der Waals surface area contributed by atoms with Crippen LogP contribution in [0.5, 0.6) is 0 Å². The fourth-order valence-electron chi connectivity index (χ4n) is 3.16. The number of likely N-dealkylation sites (tertiary alicyclic amines) is 1. The van der Waals surface area contributed by atoms with Gasteiger partial charge in [0.05, 0.1) is 12.7 Å². The van der Waals surface area contributed by atoms with E-state index >= 15 is 0 Å². The Labute approximate surface area is 138 Å². The van der Waals surface area contributed by atoms with E-state index in [2.05, 4.69) is 20.5 Å². The molecule has 2 aliphatic rings. The first kappa shape index (κ1) is 14.7. The number of aromatic nitrogens is 3. The molecule has 0 aromatic carbocycles. The molecule has 2 N–H and O–H groups in total. The highest BCUT2D eigenvalue weighted by atomic mass is 16.6. The molecule has 1 spiro atoms. The average molecular weight is 327 g/mol. The Morgan fingerprint density at radius 2 is 2.04 bits per heavy atom. The molecule has 4 heterocycles. The minimum atomic E-state index is -0.452. The van der Waals surface area contributed by atoms with Gasteiger partial charge in [-0.1, -0.05) is 6.07 Å². The number of pyridine rings is 1. The van der Waals surface area contributed by atoms with E-state index in [1.165, 1.54) is 0 Å². The molecule has 4 rings (SSSR count). The summed E-state index contributed by atoms with van der Waals surface area (Å²) in [6, 6.07) is 3.59. The molecule has 2 aromatic rings. The third-order valence-corrected chi connectivity index (χ3v) is 4.64. The maximum atomic E-state index is 12.6. The highest BCUT2D eigenvalue weighted by molar-refractivity contribution is 5.92. The predicted molar refractivity (Wildman–Crippen MR) is 84.2 cm³/mol. The monoisotopic (exact) mass is 327 g/mol. The molecule has 0 bridgehead atoms. The molecule has 2 saturated heterocycles. The lowest BCUT2D eigenvalue weighted by atomic mass is 9.91. The van der Waals surface area contributed by atoms with Crippen molar-refractivity contribution in [2.45, 2.75) is 18.4 Å². The number of piperidine rings is 1. The molecule has 0 aliphatic carbocycles. The van der Waals surface area contributed by atoms with Gasteiger partial charge in [-0.25, -0.2) is 4.79 Å².